The van der Waals surface area contributed by atoms with Crippen LogP contribution in [0, 0.1) is 5.41 Å². The Morgan fingerprint density at radius 1 is 0.900 bits per heavy atom. The van der Waals surface area contributed by atoms with Gasteiger partial charge in [-0.15, -0.1) is 0 Å². The van der Waals surface area contributed by atoms with Gasteiger partial charge in [0.15, 0.2) is 0 Å². The molecule has 0 radical (unpaired) electrons. The van der Waals surface area contributed by atoms with E-state index in [1.807, 2.05) is 0 Å². The molecule has 1 unspecified atom stereocenters. The molecule has 0 spiro atoms. The first-order valence-corrected chi connectivity index (χ1v) is 10.0. The molecule has 1 atom stereocenters. The summed E-state index contributed by atoms with van der Waals surface area (Å²) in [6.07, 6.45) is 2.51. The minimum atomic E-state index is -0.922. The number of allylic oxidation sites excluding steroid dienone is 1. The van der Waals surface area contributed by atoms with Gasteiger partial charge in [0, 0.05) is 0 Å². The summed E-state index contributed by atoms with van der Waals surface area (Å²) >= 11 is -0.922. The van der Waals surface area contributed by atoms with E-state index < -0.39 is 13.9 Å². The molecule has 0 bridgehead atoms. The van der Waals surface area contributed by atoms with Crippen LogP contribution in [0.5, 0.6) is 0 Å². The summed E-state index contributed by atoms with van der Waals surface area (Å²) in [6, 6.07) is 20.1. The third-order valence-corrected chi connectivity index (χ3v) is 8.29. The van der Waals surface area contributed by atoms with Crippen molar-refractivity contribution in [1.82, 2.24) is 0 Å². The Bertz CT molecular complexity index is 632. The third kappa shape index (κ3) is 2.75. The zero-order valence-corrected chi connectivity index (χ0v) is 14.1. The molecular weight excluding hydrogens is 307 g/mol. The van der Waals surface area contributed by atoms with Crippen LogP contribution in [0.2, 0.25) is 0 Å². The van der Waals surface area contributed by atoms with Gasteiger partial charge in [0.05, 0.1) is 0 Å². The third-order valence-electron chi connectivity index (χ3n) is 3.44. The summed E-state index contributed by atoms with van der Waals surface area (Å²) in [7, 11) is 0. The van der Waals surface area contributed by atoms with Crippen LogP contribution in [-0.2, 0) is 5.32 Å². The van der Waals surface area contributed by atoms with Crippen molar-refractivity contribution in [1.29, 1.82) is 0 Å². The molecule has 0 N–H and O–H groups in total. The molecule has 2 aromatic rings. The molecule has 0 aromatic heterocycles. The average molecular weight is 328 g/mol. The summed E-state index contributed by atoms with van der Waals surface area (Å²) in [4.78, 5) is 0. The molecule has 0 amide bonds. The standard InChI is InChI=1S/C19H21Se/c1-19(2,3)13-18-17-12-8-7-9-15(17)14-20(18)16-10-5-4-6-11-16/h4-13H,14H2,1-3H3/q+1/b18-13-. The number of hydrogen-bond donors (Lipinski definition) is 0. The van der Waals surface area contributed by atoms with Gasteiger partial charge in [0.1, 0.15) is 0 Å². The summed E-state index contributed by atoms with van der Waals surface area (Å²) in [6.45, 7) is 6.90. The van der Waals surface area contributed by atoms with Gasteiger partial charge in [-0.2, -0.15) is 0 Å². The molecule has 0 saturated carbocycles. The van der Waals surface area contributed by atoms with E-state index in [9.17, 15) is 0 Å². The zero-order valence-electron chi connectivity index (χ0n) is 12.4. The van der Waals surface area contributed by atoms with E-state index in [1.165, 1.54) is 16.4 Å². The fraction of sp³-hybridized carbons (Fsp3) is 0.263. The molecule has 20 heavy (non-hydrogen) atoms. The fourth-order valence-electron chi connectivity index (χ4n) is 2.59. The van der Waals surface area contributed by atoms with Crippen molar-refractivity contribution in [3.63, 3.8) is 0 Å². The summed E-state index contributed by atoms with van der Waals surface area (Å²) in [5.74, 6) is 0. The Morgan fingerprint density at radius 3 is 2.25 bits per heavy atom. The molecule has 1 heteroatoms. The van der Waals surface area contributed by atoms with Crippen LogP contribution < -0.4 is 4.46 Å². The van der Waals surface area contributed by atoms with E-state index in [-0.39, 0.29) is 5.41 Å². The molecule has 0 aliphatic carbocycles. The van der Waals surface area contributed by atoms with Gasteiger partial charge in [-0.25, -0.2) is 0 Å². The van der Waals surface area contributed by atoms with Crippen LogP contribution in [-0.4, -0.2) is 13.9 Å². The number of benzene rings is 2. The first kappa shape index (κ1) is 13.7. The molecular formula is C19H21Se+. The van der Waals surface area contributed by atoms with Crippen molar-refractivity contribution in [2.45, 2.75) is 26.1 Å². The number of fused-ring (bicyclic) bond motifs is 1. The van der Waals surface area contributed by atoms with E-state index in [2.05, 4.69) is 81.4 Å². The molecule has 0 fully saturated rings. The van der Waals surface area contributed by atoms with Crippen LogP contribution in [0.4, 0.5) is 0 Å². The maximum absolute atomic E-state index is 2.51. The van der Waals surface area contributed by atoms with Gasteiger partial charge in [-0.3, -0.25) is 0 Å². The molecule has 0 saturated heterocycles. The second-order valence-electron chi connectivity index (χ2n) is 6.38. The molecule has 1 aliphatic heterocycles. The minimum absolute atomic E-state index is 0.239. The SMILES string of the molecule is CC(C)(C)/C=C1/c2ccccc2C[Se+]1c1ccccc1. The van der Waals surface area contributed by atoms with E-state index in [1.54, 1.807) is 8.93 Å². The molecule has 2 aromatic carbocycles. The van der Waals surface area contributed by atoms with Crippen molar-refractivity contribution < 1.29 is 0 Å². The predicted molar refractivity (Wildman–Crippen MR) is 89.4 cm³/mol. The molecule has 102 valence electrons. The molecule has 1 heterocycles. The van der Waals surface area contributed by atoms with E-state index >= 15 is 0 Å². The van der Waals surface area contributed by atoms with Gasteiger partial charge in [0.2, 0.25) is 0 Å². The Labute approximate surface area is 126 Å². The Hall–Kier alpha value is -1.30. The van der Waals surface area contributed by atoms with Crippen molar-refractivity contribution in [2.75, 3.05) is 0 Å². The quantitative estimate of drug-likeness (QED) is 0.690. The molecule has 3 rings (SSSR count). The van der Waals surface area contributed by atoms with Gasteiger partial charge < -0.3 is 0 Å². The average Bonchev–Trinajstić information content (AvgIpc) is 2.77. The topological polar surface area (TPSA) is 0 Å². The van der Waals surface area contributed by atoms with Gasteiger partial charge >= 0.3 is 126 Å². The second-order valence-corrected chi connectivity index (χ2v) is 10.5. The van der Waals surface area contributed by atoms with Crippen LogP contribution in [0.1, 0.15) is 31.9 Å². The number of hydrogen-bond acceptors (Lipinski definition) is 0. The van der Waals surface area contributed by atoms with Crippen molar-refractivity contribution >= 4 is 22.8 Å². The number of rotatable bonds is 1. The van der Waals surface area contributed by atoms with E-state index in [0.717, 1.165) is 0 Å². The maximum atomic E-state index is 2.51. The first-order chi connectivity index (χ1) is 9.54. The summed E-state index contributed by atoms with van der Waals surface area (Å²) in [5.41, 5.74) is 3.27. The van der Waals surface area contributed by atoms with Crippen LogP contribution >= 0.6 is 0 Å². The monoisotopic (exact) mass is 329 g/mol. The van der Waals surface area contributed by atoms with Gasteiger partial charge in [0.25, 0.3) is 0 Å². The first-order valence-electron chi connectivity index (χ1n) is 7.12. The van der Waals surface area contributed by atoms with Crippen LogP contribution in [0.15, 0.2) is 60.7 Å². The summed E-state index contributed by atoms with van der Waals surface area (Å²) < 4.78 is 3.18. The molecule has 1 aliphatic rings. The fourth-order valence-corrected chi connectivity index (χ4v) is 8.01. The Morgan fingerprint density at radius 2 is 1.55 bits per heavy atom. The van der Waals surface area contributed by atoms with Crippen LogP contribution in [0.3, 0.4) is 0 Å². The van der Waals surface area contributed by atoms with Crippen molar-refractivity contribution in [2.24, 2.45) is 5.41 Å². The second kappa shape index (κ2) is 5.24. The summed E-state index contributed by atoms with van der Waals surface area (Å²) in [5, 5.41) is 1.25. The Balaban J connectivity index is 2.11. The van der Waals surface area contributed by atoms with E-state index in [4.69, 9.17) is 0 Å². The van der Waals surface area contributed by atoms with Gasteiger partial charge in [-0.05, 0) is 0 Å². The van der Waals surface area contributed by atoms with Crippen molar-refractivity contribution in [3.8, 4) is 0 Å². The normalized spacial score (nSPS) is 20.1. The predicted octanol–water partition coefficient (Wildman–Crippen LogP) is 4.15. The zero-order chi connectivity index (χ0) is 14.2. The van der Waals surface area contributed by atoms with Gasteiger partial charge in [-0.1, -0.05) is 0 Å². The Kier molecular flexibility index (Phi) is 3.58. The van der Waals surface area contributed by atoms with Crippen LogP contribution in [0.25, 0.3) is 4.47 Å². The van der Waals surface area contributed by atoms with E-state index in [0.29, 0.717) is 0 Å². The van der Waals surface area contributed by atoms with Crippen molar-refractivity contribution in [3.05, 3.63) is 71.8 Å². The molecule has 0 nitrogen and oxygen atoms in total.